The van der Waals surface area contributed by atoms with E-state index in [2.05, 4.69) is 21.2 Å². The van der Waals surface area contributed by atoms with Crippen LogP contribution in [0.4, 0.5) is 10.5 Å². The van der Waals surface area contributed by atoms with Crippen molar-refractivity contribution in [1.29, 1.82) is 0 Å². The molecule has 4 amide bonds. The molecule has 1 heterocycles. The summed E-state index contributed by atoms with van der Waals surface area (Å²) >= 11 is 15.5. The zero-order chi connectivity index (χ0) is 26.7. The average molecular weight is 606 g/mol. The third-order valence-electron chi connectivity index (χ3n) is 5.38. The van der Waals surface area contributed by atoms with Crippen LogP contribution in [0.25, 0.3) is 6.08 Å². The number of anilines is 1. The molecule has 0 spiro atoms. The van der Waals surface area contributed by atoms with E-state index in [1.807, 2.05) is 12.1 Å². The summed E-state index contributed by atoms with van der Waals surface area (Å²) in [6, 6.07) is 14.2. The fourth-order valence-corrected chi connectivity index (χ4v) is 4.29. The molecule has 4 rings (SSSR count). The second-order valence-electron chi connectivity index (χ2n) is 7.71. The van der Waals surface area contributed by atoms with Gasteiger partial charge in [-0.05, 0) is 42.0 Å². The highest BCUT2D eigenvalue weighted by molar-refractivity contribution is 9.10. The molecule has 0 aliphatic carbocycles. The minimum atomic E-state index is -0.941. The smallest absolute Gasteiger partial charge is 0.336 e. The number of barbiturate groups is 1. The van der Waals surface area contributed by atoms with Gasteiger partial charge in [0, 0.05) is 27.2 Å². The Morgan fingerprint density at radius 2 is 1.62 bits per heavy atom. The highest BCUT2D eigenvalue weighted by Gasteiger charge is 2.38. The molecule has 0 radical (unpaired) electrons. The summed E-state index contributed by atoms with van der Waals surface area (Å²) < 4.78 is 17.2. The van der Waals surface area contributed by atoms with Gasteiger partial charge in [0.25, 0.3) is 11.8 Å². The lowest BCUT2D eigenvalue weighted by Gasteiger charge is -2.28. The van der Waals surface area contributed by atoms with Crippen LogP contribution in [0.1, 0.15) is 11.1 Å². The van der Waals surface area contributed by atoms with Crippen molar-refractivity contribution in [2.75, 3.05) is 19.1 Å². The number of carbonyl (C=O) groups is 3. The molecule has 0 atom stereocenters. The molecule has 3 aromatic rings. The van der Waals surface area contributed by atoms with E-state index in [1.54, 1.807) is 30.3 Å². The van der Waals surface area contributed by atoms with Crippen molar-refractivity contribution in [2.24, 2.45) is 0 Å². The van der Waals surface area contributed by atoms with Gasteiger partial charge in [-0.2, -0.15) is 0 Å². The highest BCUT2D eigenvalue weighted by atomic mass is 79.9. The number of amides is 4. The van der Waals surface area contributed by atoms with Crippen LogP contribution in [-0.4, -0.2) is 32.1 Å². The second-order valence-corrected chi connectivity index (χ2v) is 9.47. The number of nitrogens with zero attached hydrogens (tertiary/aromatic N) is 1. The molecular weight excluding hydrogens is 587 g/mol. The van der Waals surface area contributed by atoms with Gasteiger partial charge in [0.1, 0.15) is 29.4 Å². The first-order valence-corrected chi connectivity index (χ1v) is 12.3. The largest absolute Gasteiger partial charge is 0.495 e. The van der Waals surface area contributed by atoms with Gasteiger partial charge in [0.15, 0.2) is 0 Å². The number of urea groups is 1. The van der Waals surface area contributed by atoms with Gasteiger partial charge in [-0.15, -0.1) is 0 Å². The van der Waals surface area contributed by atoms with E-state index in [-0.39, 0.29) is 34.4 Å². The van der Waals surface area contributed by atoms with Gasteiger partial charge in [0.05, 0.1) is 24.9 Å². The summed E-state index contributed by atoms with van der Waals surface area (Å²) in [6.45, 7) is 0.224. The Balaban J connectivity index is 1.72. The first kappa shape index (κ1) is 26.5. The molecule has 1 aliphatic heterocycles. The van der Waals surface area contributed by atoms with Crippen molar-refractivity contribution >= 4 is 68.7 Å². The second kappa shape index (κ2) is 11.2. The molecule has 1 fully saturated rings. The van der Waals surface area contributed by atoms with Gasteiger partial charge in [-0.25, -0.2) is 9.69 Å². The molecule has 0 bridgehead atoms. The topological polar surface area (TPSA) is 94.2 Å². The van der Waals surface area contributed by atoms with Crippen LogP contribution in [0.15, 0.2) is 64.6 Å². The fraction of sp³-hybridized carbons (Fsp3) is 0.115. The van der Waals surface area contributed by atoms with Crippen LogP contribution in [0.5, 0.6) is 17.2 Å². The third kappa shape index (κ3) is 5.74. The van der Waals surface area contributed by atoms with Crippen molar-refractivity contribution in [3.63, 3.8) is 0 Å². The van der Waals surface area contributed by atoms with E-state index in [4.69, 9.17) is 37.4 Å². The van der Waals surface area contributed by atoms with Crippen molar-refractivity contribution in [2.45, 2.75) is 6.61 Å². The predicted molar refractivity (Wildman–Crippen MR) is 143 cm³/mol. The van der Waals surface area contributed by atoms with Crippen molar-refractivity contribution in [1.82, 2.24) is 5.32 Å². The molecule has 3 aromatic carbocycles. The molecule has 1 saturated heterocycles. The summed E-state index contributed by atoms with van der Waals surface area (Å²) in [5.41, 5.74) is 1.08. The third-order valence-corrected chi connectivity index (χ3v) is 6.42. The molecule has 8 nitrogen and oxygen atoms in total. The molecule has 11 heteroatoms. The first-order chi connectivity index (χ1) is 17.7. The zero-order valence-corrected chi connectivity index (χ0v) is 22.6. The molecule has 1 aliphatic rings. The number of hydrogen-bond acceptors (Lipinski definition) is 6. The maximum absolute atomic E-state index is 13.5. The number of halogens is 3. The van der Waals surface area contributed by atoms with Crippen LogP contribution >= 0.6 is 39.1 Å². The van der Waals surface area contributed by atoms with Gasteiger partial charge < -0.3 is 14.2 Å². The average Bonchev–Trinajstić information content (AvgIpc) is 2.87. The zero-order valence-electron chi connectivity index (χ0n) is 19.5. The SMILES string of the molecule is COc1cc(N2C(=O)NC(=O)/C(=C\c3cc(Br)ccc3OCc3ccc(Cl)cc3)C2=O)c(OC)cc1Cl. The molecule has 0 saturated carbocycles. The summed E-state index contributed by atoms with van der Waals surface area (Å²) in [4.78, 5) is 39.8. The van der Waals surface area contributed by atoms with Gasteiger partial charge in [-0.1, -0.05) is 51.3 Å². The maximum atomic E-state index is 13.5. The fourth-order valence-electron chi connectivity index (χ4n) is 3.56. The highest BCUT2D eigenvalue weighted by Crippen LogP contribution is 2.39. The van der Waals surface area contributed by atoms with Gasteiger partial charge >= 0.3 is 6.03 Å². The first-order valence-electron chi connectivity index (χ1n) is 10.7. The minimum absolute atomic E-state index is 0.0538. The van der Waals surface area contributed by atoms with Crippen LogP contribution in [0.2, 0.25) is 10.0 Å². The summed E-state index contributed by atoms with van der Waals surface area (Å²) in [5.74, 6) is -0.946. The maximum Gasteiger partial charge on any atom is 0.336 e. The number of rotatable bonds is 7. The summed E-state index contributed by atoms with van der Waals surface area (Å²) in [6.07, 6.45) is 1.36. The van der Waals surface area contributed by atoms with Crippen molar-refractivity contribution < 1.29 is 28.6 Å². The van der Waals surface area contributed by atoms with Crippen LogP contribution in [-0.2, 0) is 16.2 Å². The lowest BCUT2D eigenvalue weighted by molar-refractivity contribution is -0.122. The van der Waals surface area contributed by atoms with E-state index in [0.717, 1.165) is 10.5 Å². The number of nitrogens with one attached hydrogen (secondary N) is 1. The molecule has 190 valence electrons. The molecular formula is C26H19BrCl2N2O6. The van der Waals surface area contributed by atoms with Crippen LogP contribution in [0.3, 0.4) is 0 Å². The standard InChI is InChI=1S/C26H19BrCl2N2O6/c1-35-22-12-20(23(36-2)11-19(22)29)31-25(33)18(24(32)30-26(31)34)10-15-9-16(27)5-8-21(15)37-13-14-3-6-17(28)7-4-14/h3-12H,13H2,1-2H3,(H,30,32,34)/b18-10+. The van der Waals surface area contributed by atoms with E-state index in [1.165, 1.54) is 32.4 Å². The molecule has 37 heavy (non-hydrogen) atoms. The van der Waals surface area contributed by atoms with Gasteiger partial charge in [0.2, 0.25) is 0 Å². The van der Waals surface area contributed by atoms with E-state index < -0.39 is 17.8 Å². The van der Waals surface area contributed by atoms with Crippen molar-refractivity contribution in [3.05, 3.63) is 85.8 Å². The van der Waals surface area contributed by atoms with E-state index >= 15 is 0 Å². The number of benzene rings is 3. The Morgan fingerprint density at radius 3 is 2.30 bits per heavy atom. The molecule has 0 unspecified atom stereocenters. The van der Waals surface area contributed by atoms with Gasteiger partial charge in [-0.3, -0.25) is 14.9 Å². The predicted octanol–water partition coefficient (Wildman–Crippen LogP) is 6.02. The van der Waals surface area contributed by atoms with E-state index in [9.17, 15) is 14.4 Å². The monoisotopic (exact) mass is 604 g/mol. The Morgan fingerprint density at radius 1 is 0.919 bits per heavy atom. The lowest BCUT2D eigenvalue weighted by Crippen LogP contribution is -2.54. The van der Waals surface area contributed by atoms with Crippen LogP contribution in [0, 0.1) is 0 Å². The van der Waals surface area contributed by atoms with E-state index in [0.29, 0.717) is 20.8 Å². The molecule has 1 N–H and O–H groups in total. The number of ether oxygens (including phenoxy) is 3. The Kier molecular flexibility index (Phi) is 8.06. The Bertz CT molecular complexity index is 1430. The Labute approximate surface area is 230 Å². The number of methoxy groups -OCH3 is 2. The number of hydrogen-bond donors (Lipinski definition) is 1. The minimum Gasteiger partial charge on any atom is -0.495 e. The van der Waals surface area contributed by atoms with Crippen molar-refractivity contribution in [3.8, 4) is 17.2 Å². The number of carbonyl (C=O) groups excluding carboxylic acids is 3. The van der Waals surface area contributed by atoms with Crippen LogP contribution < -0.4 is 24.4 Å². The lowest BCUT2D eigenvalue weighted by atomic mass is 10.1. The quantitative estimate of drug-likeness (QED) is 0.261. The summed E-state index contributed by atoms with van der Waals surface area (Å²) in [7, 11) is 2.75. The number of imide groups is 2. The summed E-state index contributed by atoms with van der Waals surface area (Å²) in [5, 5.41) is 3.02. The normalized spacial score (nSPS) is 14.6. The molecule has 0 aromatic heterocycles. The Hall–Kier alpha value is -3.53.